The second-order valence-electron chi connectivity index (χ2n) is 6.02. The highest BCUT2D eigenvalue weighted by Gasteiger charge is 2.12. The second-order valence-corrected chi connectivity index (χ2v) is 6.02. The van der Waals surface area contributed by atoms with Gasteiger partial charge in [0.1, 0.15) is 5.69 Å². The van der Waals surface area contributed by atoms with E-state index in [1.54, 1.807) is 19.3 Å². The van der Waals surface area contributed by atoms with Gasteiger partial charge in [0.15, 0.2) is 23.4 Å². The Labute approximate surface area is 184 Å². The Hall–Kier alpha value is -2.63. The van der Waals surface area contributed by atoms with Crippen molar-refractivity contribution in [1.29, 1.82) is 0 Å². The van der Waals surface area contributed by atoms with Crippen LogP contribution in [0.4, 0.5) is 8.78 Å². The van der Waals surface area contributed by atoms with E-state index in [4.69, 9.17) is 4.52 Å². The number of hydrogen-bond acceptors (Lipinski definition) is 5. The molecule has 0 fully saturated rings. The molecule has 0 spiro atoms. The lowest BCUT2D eigenvalue weighted by molar-refractivity contribution is 0.421. The number of guanidine groups is 1. The van der Waals surface area contributed by atoms with Crippen molar-refractivity contribution in [3.05, 3.63) is 65.6 Å². The maximum Gasteiger partial charge on any atom is 0.276 e. The molecule has 1 atom stereocenters. The van der Waals surface area contributed by atoms with Crippen LogP contribution in [0.2, 0.25) is 0 Å². The van der Waals surface area contributed by atoms with E-state index in [0.29, 0.717) is 41.9 Å². The third-order valence-electron chi connectivity index (χ3n) is 4.01. The zero-order valence-corrected chi connectivity index (χ0v) is 18.2. The fourth-order valence-corrected chi connectivity index (χ4v) is 2.51. The van der Waals surface area contributed by atoms with Crippen LogP contribution in [-0.4, -0.2) is 34.7 Å². The molecule has 2 N–H and O–H groups in total. The maximum atomic E-state index is 13.4. The minimum atomic E-state index is -0.880. The number of aliphatic imine (C=N–C) groups is 1. The first-order valence-electron chi connectivity index (χ1n) is 8.73. The number of nitrogens with one attached hydrogen (secondary N) is 2. The summed E-state index contributed by atoms with van der Waals surface area (Å²) in [6, 6.07) is 8.99. The monoisotopic (exact) mass is 514 g/mol. The summed E-state index contributed by atoms with van der Waals surface area (Å²) in [5, 5.41) is 10.2. The molecular formula is C19H21F2IN6O. The third-order valence-corrected chi connectivity index (χ3v) is 4.01. The van der Waals surface area contributed by atoms with E-state index in [9.17, 15) is 8.78 Å². The van der Waals surface area contributed by atoms with E-state index < -0.39 is 11.6 Å². The van der Waals surface area contributed by atoms with Crippen LogP contribution in [0.25, 0.3) is 11.6 Å². The van der Waals surface area contributed by atoms with Crippen LogP contribution >= 0.6 is 24.0 Å². The van der Waals surface area contributed by atoms with Crippen LogP contribution in [0.15, 0.2) is 52.1 Å². The minimum absolute atomic E-state index is 0. The number of halogens is 3. The van der Waals surface area contributed by atoms with E-state index in [-0.39, 0.29) is 30.0 Å². The van der Waals surface area contributed by atoms with Gasteiger partial charge in [-0.3, -0.25) is 9.98 Å². The van der Waals surface area contributed by atoms with Gasteiger partial charge in [-0.25, -0.2) is 8.78 Å². The lowest BCUT2D eigenvalue weighted by Gasteiger charge is -2.18. The molecule has 0 radical (unpaired) electrons. The molecule has 0 amide bonds. The molecule has 0 saturated heterocycles. The minimum Gasteiger partial charge on any atom is -0.356 e. The van der Waals surface area contributed by atoms with Gasteiger partial charge in [-0.2, -0.15) is 4.98 Å². The van der Waals surface area contributed by atoms with E-state index >= 15 is 0 Å². The fraction of sp³-hybridized carbons (Fsp3) is 0.263. The Morgan fingerprint density at radius 3 is 2.72 bits per heavy atom. The molecule has 2 heterocycles. The molecule has 1 aromatic carbocycles. The van der Waals surface area contributed by atoms with Gasteiger partial charge >= 0.3 is 0 Å². The van der Waals surface area contributed by atoms with Crippen molar-refractivity contribution in [2.24, 2.45) is 4.99 Å². The highest BCUT2D eigenvalue weighted by molar-refractivity contribution is 14.0. The number of nitrogens with zero attached hydrogens (tertiary/aromatic N) is 4. The Kier molecular flexibility index (Phi) is 8.43. The number of pyridine rings is 1. The van der Waals surface area contributed by atoms with Gasteiger partial charge in [-0.05, 0) is 36.8 Å². The highest BCUT2D eigenvalue weighted by Crippen LogP contribution is 2.16. The average molecular weight is 514 g/mol. The van der Waals surface area contributed by atoms with Crippen LogP contribution in [0.1, 0.15) is 24.4 Å². The van der Waals surface area contributed by atoms with Crippen molar-refractivity contribution in [3.8, 4) is 11.6 Å². The molecule has 7 nitrogen and oxygen atoms in total. The molecule has 10 heteroatoms. The molecule has 2 aromatic heterocycles. The Morgan fingerprint density at radius 1 is 1.21 bits per heavy atom. The Balaban J connectivity index is 0.00000300. The average Bonchev–Trinajstić information content (AvgIpc) is 3.18. The summed E-state index contributed by atoms with van der Waals surface area (Å²) in [7, 11) is 1.63. The summed E-state index contributed by atoms with van der Waals surface area (Å²) in [6.07, 6.45) is 2.17. The summed E-state index contributed by atoms with van der Waals surface area (Å²) in [6.45, 7) is 2.34. The number of hydrogen-bond donors (Lipinski definition) is 2. The molecule has 29 heavy (non-hydrogen) atoms. The normalized spacial score (nSPS) is 12.2. The predicted molar refractivity (Wildman–Crippen MR) is 116 cm³/mol. The quantitative estimate of drug-likeness (QED) is 0.298. The molecule has 0 saturated carbocycles. The summed E-state index contributed by atoms with van der Waals surface area (Å²) in [5.74, 6) is -0.327. The topological polar surface area (TPSA) is 88.2 Å². The molecule has 3 rings (SSSR count). The summed E-state index contributed by atoms with van der Waals surface area (Å²) >= 11 is 0. The predicted octanol–water partition coefficient (Wildman–Crippen LogP) is 3.50. The van der Waals surface area contributed by atoms with Crippen LogP contribution in [-0.2, 0) is 6.42 Å². The first-order valence-corrected chi connectivity index (χ1v) is 8.73. The van der Waals surface area contributed by atoms with Gasteiger partial charge in [0.2, 0.25) is 0 Å². The van der Waals surface area contributed by atoms with Gasteiger partial charge in [0.05, 0.1) is 6.04 Å². The first-order chi connectivity index (χ1) is 13.6. The number of benzene rings is 1. The zero-order valence-electron chi connectivity index (χ0n) is 15.9. The highest BCUT2D eigenvalue weighted by atomic mass is 127. The molecular weight excluding hydrogens is 493 g/mol. The van der Waals surface area contributed by atoms with E-state index in [1.165, 1.54) is 12.1 Å². The van der Waals surface area contributed by atoms with Crippen LogP contribution in [0.5, 0.6) is 0 Å². The molecule has 3 aromatic rings. The fourth-order valence-electron chi connectivity index (χ4n) is 2.51. The molecule has 154 valence electrons. The summed E-state index contributed by atoms with van der Waals surface area (Å²) < 4.78 is 31.7. The van der Waals surface area contributed by atoms with Crippen molar-refractivity contribution in [3.63, 3.8) is 0 Å². The van der Waals surface area contributed by atoms with Crippen molar-refractivity contribution >= 4 is 29.9 Å². The van der Waals surface area contributed by atoms with Crippen LogP contribution in [0.3, 0.4) is 0 Å². The Morgan fingerprint density at radius 2 is 2.03 bits per heavy atom. The van der Waals surface area contributed by atoms with Crippen molar-refractivity contribution < 1.29 is 13.3 Å². The lowest BCUT2D eigenvalue weighted by Crippen LogP contribution is -2.39. The maximum absolute atomic E-state index is 13.4. The van der Waals surface area contributed by atoms with Crippen molar-refractivity contribution in [1.82, 2.24) is 25.8 Å². The van der Waals surface area contributed by atoms with Gasteiger partial charge in [0, 0.05) is 26.2 Å². The van der Waals surface area contributed by atoms with E-state index in [0.717, 1.165) is 6.07 Å². The standard InChI is InChI=1S/C19H20F2N6O.HI/c1-12(13-6-7-14(20)15(21)11-13)25-19(22-2)24-10-8-17-26-18(28-27-17)16-5-3-4-9-23-16;/h3-7,9,11-12H,8,10H2,1-2H3,(H2,22,24,25);1H. The molecule has 0 bridgehead atoms. The van der Waals surface area contributed by atoms with Gasteiger partial charge in [-0.1, -0.05) is 17.3 Å². The van der Waals surface area contributed by atoms with E-state index in [1.807, 2.05) is 19.1 Å². The third kappa shape index (κ3) is 6.17. The van der Waals surface area contributed by atoms with Crippen molar-refractivity contribution in [2.75, 3.05) is 13.6 Å². The summed E-state index contributed by atoms with van der Waals surface area (Å²) in [4.78, 5) is 12.6. The lowest BCUT2D eigenvalue weighted by atomic mass is 10.1. The smallest absolute Gasteiger partial charge is 0.276 e. The second kappa shape index (κ2) is 10.8. The molecule has 0 aliphatic carbocycles. The first kappa shape index (κ1) is 22.7. The molecule has 0 aliphatic rings. The van der Waals surface area contributed by atoms with Gasteiger partial charge in [-0.15, -0.1) is 24.0 Å². The van der Waals surface area contributed by atoms with Crippen LogP contribution < -0.4 is 10.6 Å². The molecule has 0 aliphatic heterocycles. The largest absolute Gasteiger partial charge is 0.356 e. The van der Waals surface area contributed by atoms with Crippen molar-refractivity contribution in [2.45, 2.75) is 19.4 Å². The Bertz CT molecular complexity index is 951. The number of rotatable bonds is 6. The molecule has 1 unspecified atom stereocenters. The van der Waals surface area contributed by atoms with Crippen LogP contribution in [0, 0.1) is 11.6 Å². The summed E-state index contributed by atoms with van der Waals surface area (Å²) in [5.41, 5.74) is 1.23. The zero-order chi connectivity index (χ0) is 19.9. The SMILES string of the molecule is CN=C(NCCc1noc(-c2ccccn2)n1)NC(C)c1ccc(F)c(F)c1.I. The van der Waals surface area contributed by atoms with E-state index in [2.05, 4.69) is 30.8 Å². The number of aromatic nitrogens is 3. The van der Waals surface area contributed by atoms with Gasteiger partial charge < -0.3 is 15.2 Å². The van der Waals surface area contributed by atoms with Gasteiger partial charge in [0.25, 0.3) is 5.89 Å².